The third kappa shape index (κ3) is 5.86. The van der Waals surface area contributed by atoms with Crippen LogP contribution in [0.3, 0.4) is 0 Å². The largest absolute Gasteiger partial charge is 0.434 e. The Labute approximate surface area is 199 Å². The Bertz CT molecular complexity index is 1060. The number of halogens is 3. The number of aliphatic hydroxyl groups is 2. The van der Waals surface area contributed by atoms with Crippen LogP contribution in [-0.2, 0) is 23.9 Å². The SMILES string of the molecule is CCN1CCc2cc(C(=O)NC[C@H]3OC[C@H](Nc4cncc(C(F)(F)F)n4)[C@@H](O)[C@H]3O)cnc2C1. The normalized spacial score (nSPS) is 25.1. The molecule has 0 aliphatic carbocycles. The van der Waals surface area contributed by atoms with E-state index in [1.807, 2.05) is 6.07 Å². The molecule has 4 rings (SSSR count). The molecule has 2 aromatic rings. The van der Waals surface area contributed by atoms with Gasteiger partial charge in [-0.2, -0.15) is 13.2 Å². The minimum atomic E-state index is -4.67. The lowest BCUT2D eigenvalue weighted by Crippen LogP contribution is -2.58. The van der Waals surface area contributed by atoms with E-state index in [1.54, 1.807) is 0 Å². The van der Waals surface area contributed by atoms with Crippen LogP contribution in [0.5, 0.6) is 0 Å². The Hall–Kier alpha value is -2.87. The molecule has 0 bridgehead atoms. The van der Waals surface area contributed by atoms with Crippen molar-refractivity contribution in [3.05, 3.63) is 47.2 Å². The number of ether oxygens (including phenoxy) is 1. The summed E-state index contributed by atoms with van der Waals surface area (Å²) in [4.78, 5) is 26.2. The molecule has 0 unspecified atom stereocenters. The van der Waals surface area contributed by atoms with Crippen molar-refractivity contribution in [3.8, 4) is 0 Å². The summed E-state index contributed by atoms with van der Waals surface area (Å²) in [6.07, 6.45) is -4.38. The van der Waals surface area contributed by atoms with Crippen LogP contribution in [0.15, 0.2) is 24.7 Å². The fraction of sp³-hybridized carbons (Fsp3) is 0.545. The van der Waals surface area contributed by atoms with Gasteiger partial charge in [-0.15, -0.1) is 0 Å². The third-order valence-corrected chi connectivity index (χ3v) is 6.20. The monoisotopic (exact) mass is 496 g/mol. The predicted octanol–water partition coefficient (Wildman–Crippen LogP) is 0.599. The summed E-state index contributed by atoms with van der Waals surface area (Å²) in [5.41, 5.74) is 1.18. The maximum Gasteiger partial charge on any atom is 0.434 e. The zero-order valence-electron chi connectivity index (χ0n) is 19.0. The molecular formula is C22H27F3N6O4. The molecule has 1 saturated heterocycles. The molecule has 2 aromatic heterocycles. The highest BCUT2D eigenvalue weighted by molar-refractivity contribution is 5.94. The highest BCUT2D eigenvalue weighted by atomic mass is 19.4. The lowest BCUT2D eigenvalue weighted by atomic mass is 9.97. The molecule has 0 spiro atoms. The first kappa shape index (κ1) is 25.2. The number of hydrogen-bond donors (Lipinski definition) is 4. The van der Waals surface area contributed by atoms with Crippen LogP contribution >= 0.6 is 0 Å². The number of carbonyl (C=O) groups excluding carboxylic acids is 1. The fourth-order valence-electron chi connectivity index (χ4n) is 4.11. The Morgan fingerprint density at radius 1 is 1.26 bits per heavy atom. The zero-order valence-corrected chi connectivity index (χ0v) is 19.0. The average molecular weight is 496 g/mol. The van der Waals surface area contributed by atoms with Crippen LogP contribution in [0.2, 0.25) is 0 Å². The van der Waals surface area contributed by atoms with Gasteiger partial charge in [0, 0.05) is 25.8 Å². The fourth-order valence-corrected chi connectivity index (χ4v) is 4.11. The van der Waals surface area contributed by atoms with Crippen LogP contribution in [0.25, 0.3) is 0 Å². The van der Waals surface area contributed by atoms with Crippen molar-refractivity contribution in [2.24, 2.45) is 0 Å². The maximum absolute atomic E-state index is 12.8. The predicted molar refractivity (Wildman–Crippen MR) is 117 cm³/mol. The second-order valence-electron chi connectivity index (χ2n) is 8.55. The number of fused-ring (bicyclic) bond motifs is 1. The van der Waals surface area contributed by atoms with Gasteiger partial charge in [0.15, 0.2) is 5.69 Å². The van der Waals surface area contributed by atoms with Gasteiger partial charge < -0.3 is 25.6 Å². The van der Waals surface area contributed by atoms with E-state index >= 15 is 0 Å². The molecule has 0 radical (unpaired) electrons. The molecular weight excluding hydrogens is 469 g/mol. The van der Waals surface area contributed by atoms with Gasteiger partial charge in [0.05, 0.1) is 36.3 Å². The molecule has 13 heteroatoms. The van der Waals surface area contributed by atoms with Crippen molar-refractivity contribution < 1.29 is 32.9 Å². The van der Waals surface area contributed by atoms with Gasteiger partial charge in [0.1, 0.15) is 24.1 Å². The van der Waals surface area contributed by atoms with Crippen molar-refractivity contribution in [2.45, 2.75) is 50.4 Å². The standard InChI is InChI=1S/C22H27F3N6O4/c1-2-31-4-3-12-5-13(6-27-14(12)10-31)21(34)28-7-16-20(33)19(32)15(11-35-16)29-18-9-26-8-17(30-18)22(23,24)25/h5-6,8-9,15-16,19-20,32-33H,2-4,7,10-11H2,1H3,(H,28,34)(H,29,30)/t15-,16+,19+,20-/m0/s1. The van der Waals surface area contributed by atoms with E-state index in [2.05, 4.69) is 37.4 Å². The summed E-state index contributed by atoms with van der Waals surface area (Å²) in [5, 5.41) is 26.2. The summed E-state index contributed by atoms with van der Waals surface area (Å²) in [5.74, 6) is -0.601. The number of rotatable bonds is 6. The first-order valence-electron chi connectivity index (χ1n) is 11.3. The number of anilines is 1. The molecule has 0 aromatic carbocycles. The van der Waals surface area contributed by atoms with E-state index in [0.29, 0.717) is 11.8 Å². The first-order chi connectivity index (χ1) is 16.7. The van der Waals surface area contributed by atoms with E-state index in [0.717, 1.165) is 43.5 Å². The molecule has 4 N–H and O–H groups in total. The van der Waals surface area contributed by atoms with E-state index in [4.69, 9.17) is 4.74 Å². The number of carbonyl (C=O) groups is 1. The lowest BCUT2D eigenvalue weighted by Gasteiger charge is -2.38. The van der Waals surface area contributed by atoms with Crippen molar-refractivity contribution in [1.29, 1.82) is 0 Å². The van der Waals surface area contributed by atoms with Crippen LogP contribution in [0, 0.1) is 0 Å². The van der Waals surface area contributed by atoms with Gasteiger partial charge in [-0.25, -0.2) is 4.98 Å². The number of aromatic nitrogens is 3. The average Bonchev–Trinajstić information content (AvgIpc) is 2.85. The van der Waals surface area contributed by atoms with Gasteiger partial charge in [0.25, 0.3) is 5.91 Å². The quantitative estimate of drug-likeness (QED) is 0.454. The number of aliphatic hydroxyl groups excluding tert-OH is 2. The van der Waals surface area contributed by atoms with Gasteiger partial charge in [-0.3, -0.25) is 19.7 Å². The third-order valence-electron chi connectivity index (χ3n) is 6.20. The Balaban J connectivity index is 1.31. The van der Waals surface area contributed by atoms with Gasteiger partial charge in [-0.1, -0.05) is 6.92 Å². The highest BCUT2D eigenvalue weighted by Gasteiger charge is 2.39. The van der Waals surface area contributed by atoms with Gasteiger partial charge in [0.2, 0.25) is 0 Å². The molecule has 1 fully saturated rings. The number of likely N-dealkylation sites (N-methyl/N-ethyl adjacent to an activating group) is 1. The number of nitrogens with zero attached hydrogens (tertiary/aromatic N) is 4. The van der Waals surface area contributed by atoms with Crippen LogP contribution in [-0.4, -0.2) is 86.6 Å². The van der Waals surface area contributed by atoms with Crippen LogP contribution in [0.1, 0.15) is 34.2 Å². The summed E-state index contributed by atoms with van der Waals surface area (Å²) < 4.78 is 44.1. The van der Waals surface area contributed by atoms with E-state index < -0.39 is 36.2 Å². The van der Waals surface area contributed by atoms with E-state index in [-0.39, 0.29) is 24.9 Å². The van der Waals surface area contributed by atoms with E-state index in [1.165, 1.54) is 6.20 Å². The summed E-state index contributed by atoms with van der Waals surface area (Å²) in [7, 11) is 0. The Morgan fingerprint density at radius 3 is 2.80 bits per heavy atom. The second-order valence-corrected chi connectivity index (χ2v) is 8.55. The molecule has 4 atom stereocenters. The molecule has 2 aliphatic rings. The summed E-state index contributed by atoms with van der Waals surface area (Å²) in [6.45, 7) is 4.46. The Kier molecular flexibility index (Phi) is 7.50. The van der Waals surface area contributed by atoms with Gasteiger partial charge >= 0.3 is 6.18 Å². The molecule has 4 heterocycles. The highest BCUT2D eigenvalue weighted by Crippen LogP contribution is 2.28. The summed E-state index contributed by atoms with van der Waals surface area (Å²) >= 11 is 0. The lowest BCUT2D eigenvalue weighted by molar-refractivity contribution is -0.141. The topological polar surface area (TPSA) is 133 Å². The molecule has 1 amide bonds. The molecule has 2 aliphatic heterocycles. The maximum atomic E-state index is 12.8. The zero-order chi connectivity index (χ0) is 25.2. The minimum Gasteiger partial charge on any atom is -0.388 e. The number of amides is 1. The van der Waals surface area contributed by atoms with Crippen molar-refractivity contribution in [3.63, 3.8) is 0 Å². The van der Waals surface area contributed by atoms with Crippen molar-refractivity contribution >= 4 is 11.7 Å². The summed E-state index contributed by atoms with van der Waals surface area (Å²) in [6, 6.07) is 0.885. The molecule has 10 nitrogen and oxygen atoms in total. The van der Waals surface area contributed by atoms with Crippen LogP contribution < -0.4 is 10.6 Å². The smallest absolute Gasteiger partial charge is 0.388 e. The molecule has 0 saturated carbocycles. The number of hydrogen-bond acceptors (Lipinski definition) is 9. The molecule has 190 valence electrons. The number of nitrogens with one attached hydrogen (secondary N) is 2. The first-order valence-corrected chi connectivity index (χ1v) is 11.3. The molecule has 35 heavy (non-hydrogen) atoms. The van der Waals surface area contributed by atoms with E-state index in [9.17, 15) is 28.2 Å². The van der Waals surface area contributed by atoms with Gasteiger partial charge in [-0.05, 0) is 24.6 Å². The number of alkyl halides is 3. The number of pyridine rings is 1. The van der Waals surface area contributed by atoms with Crippen molar-refractivity contribution in [2.75, 3.05) is 31.6 Å². The Morgan fingerprint density at radius 2 is 2.06 bits per heavy atom. The minimum absolute atomic E-state index is 0.0756. The van der Waals surface area contributed by atoms with Crippen molar-refractivity contribution in [1.82, 2.24) is 25.2 Å². The van der Waals surface area contributed by atoms with Crippen LogP contribution in [0.4, 0.5) is 19.0 Å². The second kappa shape index (κ2) is 10.4.